The summed E-state index contributed by atoms with van der Waals surface area (Å²) >= 11 is 0. The van der Waals surface area contributed by atoms with E-state index in [-0.39, 0.29) is 21.7 Å². The molecular weight excluding hydrogens is 893 g/mol. The van der Waals surface area contributed by atoms with Gasteiger partial charge in [0.25, 0.3) is 0 Å². The minimum Gasteiger partial charge on any atom is -0.309 e. The SMILES string of the molecule is CC(C)(C)c1ccc(-c2c(-c3ccc(C(C)(C)C)cc3)n(-c3ccc(-c4ccc5cc(-n6c(-c7ccc(C(C)(C)C)cc7)c(-c7ccc(C(C)(C)C)cc7)c7ccccc76)ccc5c4)cc3)c3ccccc23)cc1. The Morgan fingerprint density at radius 1 is 0.257 bits per heavy atom. The Balaban J connectivity index is 1.00. The van der Waals surface area contributed by atoms with Crippen molar-refractivity contribution in [3.05, 3.63) is 229 Å². The number of hydrogen-bond acceptors (Lipinski definition) is 0. The molecule has 0 N–H and O–H groups in total. The van der Waals surface area contributed by atoms with E-state index in [1.54, 1.807) is 0 Å². The van der Waals surface area contributed by atoms with Gasteiger partial charge >= 0.3 is 0 Å². The first-order valence-electron chi connectivity index (χ1n) is 26.6. The van der Waals surface area contributed by atoms with Crippen molar-refractivity contribution in [2.45, 2.75) is 105 Å². The largest absolute Gasteiger partial charge is 0.309 e. The summed E-state index contributed by atoms with van der Waals surface area (Å²) in [4.78, 5) is 0. The lowest BCUT2D eigenvalue weighted by Gasteiger charge is -2.21. The molecule has 0 spiro atoms. The van der Waals surface area contributed by atoms with E-state index >= 15 is 0 Å². The first-order chi connectivity index (χ1) is 35.2. The predicted molar refractivity (Wildman–Crippen MR) is 320 cm³/mol. The molecule has 0 aliphatic heterocycles. The van der Waals surface area contributed by atoms with E-state index in [0.29, 0.717) is 0 Å². The normalized spacial score (nSPS) is 12.6. The molecule has 0 aliphatic rings. The Hall–Kier alpha value is -7.68. The molecule has 0 aliphatic carbocycles. The van der Waals surface area contributed by atoms with Crippen LogP contribution >= 0.6 is 0 Å². The molecule has 0 saturated heterocycles. The molecular formula is C72H70N2. The van der Waals surface area contributed by atoms with Crippen molar-refractivity contribution >= 4 is 32.6 Å². The van der Waals surface area contributed by atoms with Crippen LogP contribution in [0.25, 0.3) is 99.8 Å². The van der Waals surface area contributed by atoms with Gasteiger partial charge in [0.2, 0.25) is 0 Å². The molecule has 2 nitrogen and oxygen atoms in total. The van der Waals surface area contributed by atoms with Gasteiger partial charge < -0.3 is 9.13 Å². The van der Waals surface area contributed by atoms with Gasteiger partial charge in [-0.2, -0.15) is 0 Å². The van der Waals surface area contributed by atoms with Crippen LogP contribution in [0.4, 0.5) is 0 Å². The Kier molecular flexibility index (Phi) is 11.9. The van der Waals surface area contributed by atoms with Gasteiger partial charge in [0.05, 0.1) is 22.4 Å². The second kappa shape index (κ2) is 18.1. The molecule has 0 fully saturated rings. The summed E-state index contributed by atoms with van der Waals surface area (Å²) in [6.45, 7) is 27.4. The average Bonchev–Trinajstić information content (AvgIpc) is 3.92. The minimum atomic E-state index is 0.0558. The molecule has 0 atom stereocenters. The number of nitrogens with zero attached hydrogens (tertiary/aromatic N) is 2. The Morgan fingerprint density at radius 2 is 0.568 bits per heavy atom. The van der Waals surface area contributed by atoms with Crippen LogP contribution in [0, 0.1) is 0 Å². The number of fused-ring (bicyclic) bond motifs is 3. The van der Waals surface area contributed by atoms with E-state index in [1.807, 2.05) is 0 Å². The van der Waals surface area contributed by atoms with Crippen molar-refractivity contribution in [2.75, 3.05) is 0 Å². The maximum atomic E-state index is 2.49. The first kappa shape index (κ1) is 48.6. The molecule has 2 heterocycles. The van der Waals surface area contributed by atoms with Gasteiger partial charge in [-0.15, -0.1) is 0 Å². The predicted octanol–water partition coefficient (Wildman–Crippen LogP) is 20.3. The third-order valence-electron chi connectivity index (χ3n) is 15.4. The number of hydrogen-bond donors (Lipinski definition) is 0. The van der Waals surface area contributed by atoms with E-state index in [2.05, 4.69) is 298 Å². The molecule has 2 aromatic heterocycles. The standard InChI is InChI=1S/C72H70N2/c1-69(2,3)55-34-23-48(24-35-55)65-61-17-13-15-19-63(61)73(67(65)50-27-38-57(39-28-50)71(7,8)9)59-42-31-47(32-43-59)52-21-22-54-46-60(44-33-53(54)45-52)74-64-20-16-14-18-62(64)66(49-25-36-56(37-26-49)70(4,5)6)68(74)51-29-40-58(41-30-51)72(10,11)12/h13-46H,1-12H3. The molecule has 0 bridgehead atoms. The van der Waals surface area contributed by atoms with Crippen molar-refractivity contribution in [3.8, 4) is 67.3 Å². The molecule has 0 amide bonds. The van der Waals surface area contributed by atoms with Crippen LogP contribution in [0.15, 0.2) is 206 Å². The van der Waals surface area contributed by atoms with Crippen molar-refractivity contribution < 1.29 is 0 Å². The second-order valence-electron chi connectivity index (χ2n) is 24.8. The van der Waals surface area contributed by atoms with E-state index in [4.69, 9.17) is 0 Å². The van der Waals surface area contributed by atoms with Gasteiger partial charge in [-0.05, 0) is 131 Å². The third kappa shape index (κ3) is 8.89. The highest BCUT2D eigenvalue weighted by Gasteiger charge is 2.26. The molecule has 0 radical (unpaired) electrons. The summed E-state index contributed by atoms with van der Waals surface area (Å²) in [5, 5.41) is 4.90. The van der Waals surface area contributed by atoms with Gasteiger partial charge in [-0.1, -0.05) is 247 Å². The maximum absolute atomic E-state index is 2.49. The summed E-state index contributed by atoms with van der Waals surface area (Å²) in [5.41, 5.74) is 22.4. The number of rotatable bonds is 7. The molecule has 11 aromatic rings. The van der Waals surface area contributed by atoms with Crippen molar-refractivity contribution in [1.29, 1.82) is 0 Å². The fraction of sp³-hybridized carbons (Fsp3) is 0.222. The lowest BCUT2D eigenvalue weighted by Crippen LogP contribution is -2.10. The fourth-order valence-electron chi connectivity index (χ4n) is 11.0. The molecule has 0 unspecified atom stereocenters. The third-order valence-corrected chi connectivity index (χ3v) is 15.4. The summed E-state index contributed by atoms with van der Waals surface area (Å²) in [7, 11) is 0. The summed E-state index contributed by atoms with van der Waals surface area (Å²) in [5.74, 6) is 0. The average molecular weight is 963 g/mol. The summed E-state index contributed by atoms with van der Waals surface area (Å²) in [6, 6.07) is 78.0. The summed E-state index contributed by atoms with van der Waals surface area (Å²) in [6.07, 6.45) is 0. The van der Waals surface area contributed by atoms with Gasteiger partial charge in [0, 0.05) is 33.3 Å². The first-order valence-corrected chi connectivity index (χ1v) is 26.6. The van der Waals surface area contributed by atoms with Crippen molar-refractivity contribution in [2.24, 2.45) is 0 Å². The monoisotopic (exact) mass is 963 g/mol. The Morgan fingerprint density at radius 3 is 0.973 bits per heavy atom. The highest BCUT2D eigenvalue weighted by Crippen LogP contribution is 2.46. The van der Waals surface area contributed by atoms with Crippen LogP contribution in [0.5, 0.6) is 0 Å². The van der Waals surface area contributed by atoms with Crippen LogP contribution in [0.3, 0.4) is 0 Å². The van der Waals surface area contributed by atoms with Crippen LogP contribution in [-0.2, 0) is 21.7 Å². The maximum Gasteiger partial charge on any atom is 0.0619 e. The lowest BCUT2D eigenvalue weighted by molar-refractivity contribution is 0.590. The van der Waals surface area contributed by atoms with Crippen LogP contribution in [0.1, 0.15) is 105 Å². The van der Waals surface area contributed by atoms with Gasteiger partial charge in [-0.3, -0.25) is 0 Å². The lowest BCUT2D eigenvalue weighted by atomic mass is 9.85. The quantitative estimate of drug-likeness (QED) is 0.151. The molecule has 11 rings (SSSR count). The number of aromatic nitrogens is 2. The zero-order valence-corrected chi connectivity index (χ0v) is 45.5. The Labute approximate surface area is 440 Å². The summed E-state index contributed by atoms with van der Waals surface area (Å²) < 4.78 is 4.97. The molecule has 9 aromatic carbocycles. The van der Waals surface area contributed by atoms with E-state index in [1.165, 1.54) is 111 Å². The minimum absolute atomic E-state index is 0.0558. The Bertz CT molecular complexity index is 3850. The second-order valence-corrected chi connectivity index (χ2v) is 24.8. The van der Waals surface area contributed by atoms with Crippen molar-refractivity contribution in [1.82, 2.24) is 9.13 Å². The van der Waals surface area contributed by atoms with Crippen LogP contribution < -0.4 is 0 Å². The van der Waals surface area contributed by atoms with Crippen LogP contribution in [0.2, 0.25) is 0 Å². The van der Waals surface area contributed by atoms with E-state index in [0.717, 1.165) is 11.4 Å². The topological polar surface area (TPSA) is 9.86 Å². The zero-order chi connectivity index (χ0) is 51.9. The van der Waals surface area contributed by atoms with Gasteiger partial charge in [-0.25, -0.2) is 0 Å². The van der Waals surface area contributed by atoms with Gasteiger partial charge in [0.1, 0.15) is 0 Å². The molecule has 74 heavy (non-hydrogen) atoms. The smallest absolute Gasteiger partial charge is 0.0619 e. The van der Waals surface area contributed by atoms with Gasteiger partial charge in [0.15, 0.2) is 0 Å². The van der Waals surface area contributed by atoms with E-state index in [9.17, 15) is 0 Å². The van der Waals surface area contributed by atoms with E-state index < -0.39 is 0 Å². The fourth-order valence-corrected chi connectivity index (χ4v) is 11.0. The number of benzene rings is 9. The molecule has 0 saturated carbocycles. The highest BCUT2D eigenvalue weighted by molar-refractivity contribution is 6.07. The highest BCUT2D eigenvalue weighted by atomic mass is 15.0. The number of para-hydroxylation sites is 2. The van der Waals surface area contributed by atoms with Crippen molar-refractivity contribution in [3.63, 3.8) is 0 Å². The molecule has 2 heteroatoms. The molecule has 368 valence electrons. The van der Waals surface area contributed by atoms with Crippen LogP contribution in [-0.4, -0.2) is 9.13 Å². The zero-order valence-electron chi connectivity index (χ0n) is 45.5.